The fourth-order valence-electron chi connectivity index (χ4n) is 2.26. The maximum atomic E-state index is 12.3. The van der Waals surface area contributed by atoms with Crippen LogP contribution in [0.4, 0.5) is 26.3 Å². The van der Waals surface area contributed by atoms with Gasteiger partial charge in [-0.15, -0.1) is 26.3 Å². The topological polar surface area (TPSA) is 55.8 Å². The third kappa shape index (κ3) is 7.60. The predicted molar refractivity (Wildman–Crippen MR) is 90.1 cm³/mol. The monoisotopic (exact) mass is 418 g/mol. The molecule has 10 heteroatoms. The minimum atomic E-state index is -4.86. The summed E-state index contributed by atoms with van der Waals surface area (Å²) < 4.78 is 81.2. The van der Waals surface area contributed by atoms with Crippen LogP contribution < -0.4 is 9.47 Å². The van der Waals surface area contributed by atoms with E-state index in [0.29, 0.717) is 16.7 Å². The van der Waals surface area contributed by atoms with Gasteiger partial charge in [0.05, 0.1) is 0 Å². The molecule has 0 saturated carbocycles. The number of aliphatic carboxylic acids is 1. The maximum Gasteiger partial charge on any atom is 0.573 e. The molecule has 0 saturated heterocycles. The van der Waals surface area contributed by atoms with Crippen LogP contribution in [-0.4, -0.2) is 23.8 Å². The number of carbonyl (C=O) groups is 1. The minimum absolute atomic E-state index is 0.347. The second-order valence-electron chi connectivity index (χ2n) is 5.42. The molecule has 2 rings (SSSR count). The van der Waals surface area contributed by atoms with Crippen LogP contribution >= 0.6 is 0 Å². The van der Waals surface area contributed by atoms with Crippen molar-refractivity contribution in [1.82, 2.24) is 0 Å². The highest BCUT2D eigenvalue weighted by Gasteiger charge is 2.31. The van der Waals surface area contributed by atoms with Crippen molar-refractivity contribution in [2.45, 2.75) is 12.7 Å². The minimum Gasteiger partial charge on any atom is -0.478 e. The molecule has 0 aliphatic carbocycles. The normalized spacial score (nSPS) is 11.9. The SMILES string of the molecule is O=C(O)C=CC=C(c1ccc(OC(F)(F)F)cc1)c1ccc(OC(F)(F)F)cc1. The van der Waals surface area contributed by atoms with Crippen molar-refractivity contribution in [3.05, 3.63) is 77.9 Å². The Morgan fingerprint density at radius 3 is 1.45 bits per heavy atom. The number of ether oxygens (including phenoxy) is 2. The van der Waals surface area contributed by atoms with Gasteiger partial charge in [0.1, 0.15) is 11.5 Å². The average molecular weight is 418 g/mol. The lowest BCUT2D eigenvalue weighted by atomic mass is 9.97. The van der Waals surface area contributed by atoms with E-state index in [1.54, 1.807) is 0 Å². The van der Waals surface area contributed by atoms with Crippen LogP contribution in [0, 0.1) is 0 Å². The Kier molecular flexibility index (Phi) is 6.57. The third-order valence-electron chi connectivity index (χ3n) is 3.30. The fraction of sp³-hybridized carbons (Fsp3) is 0.105. The molecule has 0 aliphatic rings. The first-order valence-electron chi connectivity index (χ1n) is 7.76. The molecule has 2 aromatic carbocycles. The van der Waals surface area contributed by atoms with E-state index in [1.165, 1.54) is 36.4 Å². The Morgan fingerprint density at radius 1 is 0.759 bits per heavy atom. The van der Waals surface area contributed by atoms with E-state index in [4.69, 9.17) is 5.11 Å². The number of allylic oxidation sites excluding steroid dienone is 2. The van der Waals surface area contributed by atoms with Crippen molar-refractivity contribution in [2.75, 3.05) is 0 Å². The smallest absolute Gasteiger partial charge is 0.478 e. The third-order valence-corrected chi connectivity index (χ3v) is 3.30. The van der Waals surface area contributed by atoms with Crippen LogP contribution in [0.2, 0.25) is 0 Å². The first-order chi connectivity index (χ1) is 13.4. The van der Waals surface area contributed by atoms with Gasteiger partial charge in [-0.2, -0.15) is 0 Å². The Hall–Kier alpha value is -3.43. The summed E-state index contributed by atoms with van der Waals surface area (Å²) in [6.07, 6.45) is -6.37. The van der Waals surface area contributed by atoms with E-state index in [-0.39, 0.29) is 0 Å². The van der Waals surface area contributed by atoms with Gasteiger partial charge in [-0.05, 0) is 41.0 Å². The van der Waals surface area contributed by atoms with Crippen molar-refractivity contribution in [3.63, 3.8) is 0 Å². The molecule has 0 atom stereocenters. The van der Waals surface area contributed by atoms with E-state index < -0.39 is 30.2 Å². The fourth-order valence-corrected chi connectivity index (χ4v) is 2.26. The molecule has 0 spiro atoms. The van der Waals surface area contributed by atoms with E-state index in [0.717, 1.165) is 30.3 Å². The molecule has 1 N–H and O–H groups in total. The van der Waals surface area contributed by atoms with Crippen LogP contribution in [0.15, 0.2) is 66.8 Å². The lowest BCUT2D eigenvalue weighted by Gasteiger charge is -2.12. The zero-order valence-corrected chi connectivity index (χ0v) is 14.3. The maximum absolute atomic E-state index is 12.3. The van der Waals surface area contributed by atoms with E-state index in [2.05, 4.69) is 9.47 Å². The first-order valence-corrected chi connectivity index (χ1v) is 7.76. The van der Waals surface area contributed by atoms with Crippen molar-refractivity contribution in [1.29, 1.82) is 0 Å². The molecule has 0 amide bonds. The number of halogens is 6. The lowest BCUT2D eigenvalue weighted by molar-refractivity contribution is -0.275. The second kappa shape index (κ2) is 8.72. The van der Waals surface area contributed by atoms with Gasteiger partial charge in [-0.1, -0.05) is 36.4 Å². The van der Waals surface area contributed by atoms with Crippen molar-refractivity contribution in [2.24, 2.45) is 0 Å². The van der Waals surface area contributed by atoms with Gasteiger partial charge in [0, 0.05) is 6.08 Å². The quantitative estimate of drug-likeness (QED) is 0.379. The predicted octanol–water partition coefficient (Wildman–Crippen LogP) is 5.56. The number of alkyl halides is 6. The Labute approximate surface area is 160 Å². The van der Waals surface area contributed by atoms with Crippen LogP contribution in [0.1, 0.15) is 11.1 Å². The Balaban J connectivity index is 2.36. The number of rotatable bonds is 6. The highest BCUT2D eigenvalue weighted by Crippen LogP contribution is 2.30. The molecular formula is C19H12F6O4. The molecule has 154 valence electrons. The number of hydrogen-bond donors (Lipinski definition) is 1. The highest BCUT2D eigenvalue weighted by molar-refractivity contribution is 5.84. The van der Waals surface area contributed by atoms with Crippen molar-refractivity contribution < 1.29 is 45.7 Å². The number of carboxylic acids is 1. The van der Waals surface area contributed by atoms with Gasteiger partial charge < -0.3 is 14.6 Å². The lowest BCUT2D eigenvalue weighted by Crippen LogP contribution is -2.17. The number of benzene rings is 2. The van der Waals surface area contributed by atoms with Gasteiger partial charge in [-0.25, -0.2) is 4.79 Å². The molecular weight excluding hydrogens is 406 g/mol. The van der Waals surface area contributed by atoms with Gasteiger partial charge >= 0.3 is 18.7 Å². The molecule has 29 heavy (non-hydrogen) atoms. The van der Waals surface area contributed by atoms with Crippen LogP contribution in [-0.2, 0) is 4.79 Å². The van der Waals surface area contributed by atoms with Crippen molar-refractivity contribution >= 4 is 11.5 Å². The van der Waals surface area contributed by atoms with Crippen LogP contribution in [0.3, 0.4) is 0 Å². The second-order valence-corrected chi connectivity index (χ2v) is 5.42. The zero-order valence-electron chi connectivity index (χ0n) is 14.3. The summed E-state index contributed by atoms with van der Waals surface area (Å²) in [7, 11) is 0. The molecule has 0 heterocycles. The zero-order chi connectivity index (χ0) is 21.7. The summed E-state index contributed by atoms with van der Waals surface area (Å²) in [4.78, 5) is 10.6. The molecule has 2 aromatic rings. The van der Waals surface area contributed by atoms with Gasteiger partial charge in [0.2, 0.25) is 0 Å². The molecule has 0 aliphatic heterocycles. The Morgan fingerprint density at radius 2 is 1.14 bits per heavy atom. The summed E-state index contributed by atoms with van der Waals surface area (Å²) in [5.41, 5.74) is 1.10. The molecule has 0 bridgehead atoms. The number of carboxylic acid groups (broad SMARTS) is 1. The molecule has 0 aromatic heterocycles. The van der Waals surface area contributed by atoms with Gasteiger partial charge in [0.25, 0.3) is 0 Å². The van der Waals surface area contributed by atoms with Gasteiger partial charge in [0.15, 0.2) is 0 Å². The molecule has 0 unspecified atom stereocenters. The van der Waals surface area contributed by atoms with Gasteiger partial charge in [-0.3, -0.25) is 0 Å². The molecule has 4 nitrogen and oxygen atoms in total. The van der Waals surface area contributed by atoms with E-state index in [1.807, 2.05) is 0 Å². The largest absolute Gasteiger partial charge is 0.573 e. The van der Waals surface area contributed by atoms with E-state index in [9.17, 15) is 31.1 Å². The highest BCUT2D eigenvalue weighted by atomic mass is 19.4. The summed E-state index contributed by atoms with van der Waals surface area (Å²) in [5, 5.41) is 8.69. The summed E-state index contributed by atoms with van der Waals surface area (Å²) in [6.45, 7) is 0. The van der Waals surface area contributed by atoms with Crippen molar-refractivity contribution in [3.8, 4) is 11.5 Å². The Bertz CT molecular complexity index is 833. The standard InChI is InChI=1S/C19H12F6O4/c20-18(21,22)28-14-8-4-12(5-9-14)16(2-1-3-17(26)27)13-6-10-15(11-7-13)29-19(23,24)25/h1-11H,(H,26,27). The van der Waals surface area contributed by atoms with E-state index >= 15 is 0 Å². The van der Waals surface area contributed by atoms with Crippen LogP contribution in [0.25, 0.3) is 5.57 Å². The summed E-state index contributed by atoms with van der Waals surface area (Å²) >= 11 is 0. The average Bonchev–Trinajstić information content (AvgIpc) is 2.58. The summed E-state index contributed by atoms with van der Waals surface area (Å²) in [5.74, 6) is -2.16. The number of hydrogen-bond acceptors (Lipinski definition) is 3. The first kappa shape index (κ1) is 21.9. The molecule has 0 radical (unpaired) electrons. The summed E-state index contributed by atoms with van der Waals surface area (Å²) in [6, 6.07) is 9.39. The van der Waals surface area contributed by atoms with Crippen LogP contribution in [0.5, 0.6) is 11.5 Å². The molecule has 0 fully saturated rings.